The third-order valence-corrected chi connectivity index (χ3v) is 5.28. The van der Waals surface area contributed by atoms with Crippen LogP contribution in [0.1, 0.15) is 54.6 Å². The Hall–Kier alpha value is -2.11. The van der Waals surface area contributed by atoms with Crippen molar-refractivity contribution in [2.45, 2.75) is 44.9 Å². The second kappa shape index (κ2) is 9.89. The van der Waals surface area contributed by atoms with Crippen molar-refractivity contribution in [1.82, 2.24) is 0 Å². The highest BCUT2D eigenvalue weighted by Crippen LogP contribution is 2.48. The molecule has 0 saturated heterocycles. The second-order valence-electron chi connectivity index (χ2n) is 7.38. The minimum atomic E-state index is -0.411. The molecule has 1 N–H and O–H groups in total. The number of aromatic hydroxyl groups is 1. The molecule has 1 aliphatic carbocycles. The molecule has 1 atom stereocenters. The van der Waals surface area contributed by atoms with Gasteiger partial charge in [0, 0.05) is 31.4 Å². The summed E-state index contributed by atoms with van der Waals surface area (Å²) in [4.78, 5) is 12.9. The molecule has 1 fully saturated rings. The lowest BCUT2D eigenvalue weighted by molar-refractivity contribution is 0.0717. The molecule has 1 heterocycles. The molecule has 2 aromatic rings. The van der Waals surface area contributed by atoms with Crippen molar-refractivity contribution in [1.29, 1.82) is 0 Å². The number of hydrogen-bond donors (Lipinski definition) is 1. The molecule has 1 aromatic heterocycles. The summed E-state index contributed by atoms with van der Waals surface area (Å²) in [6.07, 6.45) is 4.09. The van der Waals surface area contributed by atoms with E-state index in [1.807, 2.05) is 37.3 Å². The van der Waals surface area contributed by atoms with E-state index in [4.69, 9.17) is 13.9 Å². The van der Waals surface area contributed by atoms with E-state index in [-0.39, 0.29) is 11.7 Å². The van der Waals surface area contributed by atoms with E-state index in [1.54, 1.807) is 7.11 Å². The molecule has 5 heteroatoms. The minimum Gasteiger partial charge on any atom is -0.507 e. The van der Waals surface area contributed by atoms with Crippen LogP contribution < -0.4 is 5.63 Å². The lowest BCUT2D eigenvalue weighted by atomic mass is 9.86. The Kier molecular flexibility index (Phi) is 7.29. The van der Waals surface area contributed by atoms with Gasteiger partial charge in [-0.1, -0.05) is 37.3 Å². The van der Waals surface area contributed by atoms with Crippen molar-refractivity contribution >= 4 is 0 Å². The van der Waals surface area contributed by atoms with Crippen LogP contribution in [-0.2, 0) is 22.3 Å². The van der Waals surface area contributed by atoms with Crippen LogP contribution in [0.4, 0.5) is 0 Å². The summed E-state index contributed by atoms with van der Waals surface area (Å²) in [7, 11) is 1.63. The second-order valence-corrected chi connectivity index (χ2v) is 7.38. The third kappa shape index (κ3) is 4.83. The predicted molar refractivity (Wildman–Crippen MR) is 108 cm³/mol. The zero-order chi connectivity index (χ0) is 19.9. The molecule has 0 aliphatic heterocycles. The zero-order valence-corrected chi connectivity index (χ0v) is 16.8. The normalized spacial score (nSPS) is 14.9. The summed E-state index contributed by atoms with van der Waals surface area (Å²) in [5.41, 5.74) is 1.75. The molecule has 0 amide bonds. The molecule has 28 heavy (non-hydrogen) atoms. The van der Waals surface area contributed by atoms with Gasteiger partial charge in [-0.15, -0.1) is 0 Å². The maximum absolute atomic E-state index is 12.9. The van der Waals surface area contributed by atoms with Crippen molar-refractivity contribution < 1.29 is 19.0 Å². The molecule has 1 saturated carbocycles. The number of ether oxygens (including phenoxy) is 2. The fraction of sp³-hybridized carbons (Fsp3) is 0.522. The van der Waals surface area contributed by atoms with Crippen molar-refractivity contribution in [3.8, 4) is 5.75 Å². The third-order valence-electron chi connectivity index (χ3n) is 5.28. The predicted octanol–water partition coefficient (Wildman–Crippen LogP) is 4.05. The maximum Gasteiger partial charge on any atom is 0.343 e. The van der Waals surface area contributed by atoms with Gasteiger partial charge in [0.15, 0.2) is 0 Å². The molecule has 1 aromatic carbocycles. The van der Waals surface area contributed by atoms with Gasteiger partial charge in [0.25, 0.3) is 0 Å². The first-order valence-corrected chi connectivity index (χ1v) is 10.2. The highest BCUT2D eigenvalue weighted by atomic mass is 16.5. The average molecular weight is 386 g/mol. The smallest absolute Gasteiger partial charge is 0.343 e. The summed E-state index contributed by atoms with van der Waals surface area (Å²) < 4.78 is 16.3. The van der Waals surface area contributed by atoms with Gasteiger partial charge in [0.1, 0.15) is 11.5 Å². The van der Waals surface area contributed by atoms with Gasteiger partial charge in [0.05, 0.1) is 25.4 Å². The van der Waals surface area contributed by atoms with Crippen molar-refractivity contribution in [2.75, 3.05) is 26.9 Å². The fourth-order valence-electron chi connectivity index (χ4n) is 3.76. The van der Waals surface area contributed by atoms with Crippen LogP contribution in [0, 0.1) is 5.92 Å². The standard InChI is InChI=1S/C23H30O5/c1-3-7-19-18(12-13-27-15-14-26-2)22(24)21(23(25)28-19)20(17-10-11-17)16-8-5-4-6-9-16/h4-6,8-9,17,20,24H,3,7,10-15H2,1-2H3. The highest BCUT2D eigenvalue weighted by Gasteiger charge is 2.38. The zero-order valence-electron chi connectivity index (χ0n) is 16.8. The van der Waals surface area contributed by atoms with Crippen LogP contribution in [0.5, 0.6) is 5.75 Å². The largest absolute Gasteiger partial charge is 0.507 e. The first kappa shape index (κ1) is 20.6. The molecule has 0 spiro atoms. The quantitative estimate of drug-likeness (QED) is 0.590. The minimum absolute atomic E-state index is 0.0933. The van der Waals surface area contributed by atoms with E-state index in [0.717, 1.165) is 24.8 Å². The average Bonchev–Trinajstić information content (AvgIpc) is 3.53. The van der Waals surface area contributed by atoms with Gasteiger partial charge >= 0.3 is 5.63 Å². The van der Waals surface area contributed by atoms with Crippen LogP contribution in [0.25, 0.3) is 0 Å². The van der Waals surface area contributed by atoms with Crippen LogP contribution >= 0.6 is 0 Å². The first-order chi connectivity index (χ1) is 13.7. The summed E-state index contributed by atoms with van der Waals surface area (Å²) in [6.45, 7) is 3.50. The molecule has 1 unspecified atom stereocenters. The van der Waals surface area contributed by atoms with E-state index >= 15 is 0 Å². The van der Waals surface area contributed by atoms with Crippen LogP contribution in [0.3, 0.4) is 0 Å². The number of benzene rings is 1. The van der Waals surface area contributed by atoms with Gasteiger partial charge in [-0.25, -0.2) is 4.79 Å². The van der Waals surface area contributed by atoms with Gasteiger partial charge in [-0.2, -0.15) is 0 Å². The Morgan fingerprint density at radius 2 is 1.89 bits per heavy atom. The lowest BCUT2D eigenvalue weighted by Crippen LogP contribution is -2.19. The Balaban J connectivity index is 1.96. The van der Waals surface area contributed by atoms with E-state index in [0.29, 0.717) is 55.5 Å². The van der Waals surface area contributed by atoms with Crippen LogP contribution in [-0.4, -0.2) is 32.0 Å². The Bertz CT molecular complexity index is 808. The fourth-order valence-corrected chi connectivity index (χ4v) is 3.76. The molecular weight excluding hydrogens is 356 g/mol. The summed E-state index contributed by atoms with van der Waals surface area (Å²) in [6, 6.07) is 9.95. The summed E-state index contributed by atoms with van der Waals surface area (Å²) in [5.74, 6) is 0.919. The van der Waals surface area contributed by atoms with E-state index in [1.165, 1.54) is 0 Å². The number of rotatable bonds is 11. The topological polar surface area (TPSA) is 68.9 Å². The van der Waals surface area contributed by atoms with Crippen molar-refractivity contribution in [3.63, 3.8) is 0 Å². The SMILES string of the molecule is CCCc1oc(=O)c(C(c2ccccc2)C2CC2)c(O)c1CCOCCOC. The molecule has 0 bridgehead atoms. The van der Waals surface area contributed by atoms with Gasteiger partial charge in [-0.05, 0) is 30.7 Å². The van der Waals surface area contributed by atoms with Crippen molar-refractivity contribution in [2.24, 2.45) is 5.92 Å². The Morgan fingerprint density at radius 3 is 2.54 bits per heavy atom. The molecule has 3 rings (SSSR count). The van der Waals surface area contributed by atoms with Crippen molar-refractivity contribution in [3.05, 3.63) is 63.2 Å². The number of hydrogen-bond acceptors (Lipinski definition) is 5. The molecule has 0 radical (unpaired) electrons. The molecular formula is C23H30O5. The van der Waals surface area contributed by atoms with Crippen LogP contribution in [0.15, 0.2) is 39.5 Å². The molecule has 1 aliphatic rings. The van der Waals surface area contributed by atoms with E-state index in [2.05, 4.69) is 0 Å². The van der Waals surface area contributed by atoms with Crippen LogP contribution in [0.2, 0.25) is 0 Å². The maximum atomic E-state index is 12.9. The first-order valence-electron chi connectivity index (χ1n) is 10.2. The van der Waals surface area contributed by atoms with E-state index in [9.17, 15) is 9.90 Å². The highest BCUT2D eigenvalue weighted by molar-refractivity contribution is 5.47. The van der Waals surface area contributed by atoms with Gasteiger partial charge < -0.3 is 19.0 Å². The number of methoxy groups -OCH3 is 1. The van der Waals surface area contributed by atoms with Gasteiger partial charge in [0.2, 0.25) is 0 Å². The monoisotopic (exact) mass is 386 g/mol. The molecule has 152 valence electrons. The number of aryl methyl sites for hydroxylation is 1. The van der Waals surface area contributed by atoms with Gasteiger partial charge in [-0.3, -0.25) is 0 Å². The lowest BCUT2D eigenvalue weighted by Gasteiger charge is -2.20. The van der Waals surface area contributed by atoms with E-state index < -0.39 is 5.63 Å². The molecule has 5 nitrogen and oxygen atoms in total. The Morgan fingerprint density at radius 1 is 1.14 bits per heavy atom. The summed E-state index contributed by atoms with van der Waals surface area (Å²) in [5, 5.41) is 11.1. The Labute approximate surface area is 166 Å². The summed E-state index contributed by atoms with van der Waals surface area (Å²) >= 11 is 0.